The lowest BCUT2D eigenvalue weighted by Crippen LogP contribution is -2.60. The van der Waals surface area contributed by atoms with Gasteiger partial charge in [0, 0.05) is 35.5 Å². The van der Waals surface area contributed by atoms with Crippen LogP contribution in [0, 0.1) is 0 Å². The van der Waals surface area contributed by atoms with Gasteiger partial charge in [0.2, 0.25) is 0 Å². The first-order chi connectivity index (χ1) is 17.5. The Kier molecular flexibility index (Phi) is 5.55. The Labute approximate surface area is 218 Å². The molecule has 2 aliphatic heterocycles. The van der Waals surface area contributed by atoms with Crippen LogP contribution in [0.25, 0.3) is 10.9 Å². The first kappa shape index (κ1) is 26.2. The quantitative estimate of drug-likeness (QED) is 0.458. The van der Waals surface area contributed by atoms with Gasteiger partial charge >= 0.3 is 6.18 Å². The molecule has 0 fully saturated rings. The van der Waals surface area contributed by atoms with Gasteiger partial charge < -0.3 is 15.8 Å². The molecule has 202 valence electrons. The number of rotatable bonds is 2. The Hall–Kier alpha value is -3.41. The number of amidine groups is 1. The highest BCUT2D eigenvalue weighted by Gasteiger charge is 2.59. The summed E-state index contributed by atoms with van der Waals surface area (Å²) in [6, 6.07) is 7.62. The van der Waals surface area contributed by atoms with Gasteiger partial charge in [-0.25, -0.2) is 13.4 Å². The Morgan fingerprint density at radius 2 is 1.79 bits per heavy atom. The maximum atomic E-state index is 13.8. The van der Waals surface area contributed by atoms with E-state index in [1.54, 1.807) is 39.0 Å². The predicted octanol–water partition coefficient (Wildman–Crippen LogP) is 5.10. The summed E-state index contributed by atoms with van der Waals surface area (Å²) in [5.74, 6) is 0.727. The van der Waals surface area contributed by atoms with Crippen LogP contribution in [-0.4, -0.2) is 39.8 Å². The van der Waals surface area contributed by atoms with Crippen molar-refractivity contribution in [1.29, 1.82) is 0 Å². The van der Waals surface area contributed by atoms with Gasteiger partial charge in [0.25, 0.3) is 0 Å². The third kappa shape index (κ3) is 3.96. The van der Waals surface area contributed by atoms with E-state index < -0.39 is 42.7 Å². The highest BCUT2D eigenvalue weighted by atomic mass is 32.2. The number of nitrogens with two attached hydrogens (primary N) is 1. The second-order valence-corrected chi connectivity index (χ2v) is 13.7. The van der Waals surface area contributed by atoms with Crippen LogP contribution in [0.4, 0.5) is 24.7 Å². The summed E-state index contributed by atoms with van der Waals surface area (Å²) in [6.07, 6.45) is -2.18. The molecule has 0 bridgehead atoms. The molecular formula is C26H28F3N5O3S. The lowest BCUT2D eigenvalue weighted by atomic mass is 9.84. The van der Waals surface area contributed by atoms with E-state index in [-0.39, 0.29) is 29.0 Å². The molecule has 2 aliphatic rings. The highest BCUT2D eigenvalue weighted by molar-refractivity contribution is 7.94. The van der Waals surface area contributed by atoms with Crippen molar-refractivity contribution in [3.63, 3.8) is 0 Å². The van der Waals surface area contributed by atoms with Gasteiger partial charge in [-0.05, 0) is 65.0 Å². The molecule has 0 radical (unpaired) electrons. The second-order valence-electron chi connectivity index (χ2n) is 11.0. The Morgan fingerprint density at radius 3 is 2.47 bits per heavy atom. The number of ether oxygens (including phenoxy) is 1. The van der Waals surface area contributed by atoms with Crippen molar-refractivity contribution >= 4 is 38.1 Å². The van der Waals surface area contributed by atoms with Crippen molar-refractivity contribution < 1.29 is 26.3 Å². The summed E-state index contributed by atoms with van der Waals surface area (Å²) in [6.45, 7) is 8.52. The van der Waals surface area contributed by atoms with Gasteiger partial charge in [-0.1, -0.05) is 0 Å². The third-order valence-electron chi connectivity index (χ3n) is 7.46. The normalized spacial score (nSPS) is 25.4. The number of nitrogens with one attached hydrogen (secondary N) is 1. The standard InChI is InChI=1S/C26H28F3N5O3S/c1-23(2)12-19-25(5,34-22(30)24(3,4)38(19,35)36)17-11-16(6-7-18(17)37-23)33-21-20-14(8-9-31-21)10-15(13-32-20)26(27,28)29/h6-11,13,19H,12H2,1-5H3,(H2,30,34)(H,31,33)/t19-,25-/m1/s1. The molecule has 38 heavy (non-hydrogen) atoms. The minimum absolute atomic E-state index is 0.0145. The van der Waals surface area contributed by atoms with E-state index in [4.69, 9.17) is 15.5 Å². The maximum Gasteiger partial charge on any atom is 0.417 e. The molecule has 0 saturated heterocycles. The molecule has 3 N–H and O–H groups in total. The molecule has 12 heteroatoms. The van der Waals surface area contributed by atoms with E-state index in [2.05, 4.69) is 15.3 Å². The number of hydrogen-bond acceptors (Lipinski definition) is 8. The van der Waals surface area contributed by atoms with Gasteiger partial charge in [0.05, 0.1) is 10.8 Å². The fourth-order valence-electron chi connectivity index (χ4n) is 5.12. The molecule has 0 saturated carbocycles. The fraction of sp³-hybridized carbons (Fsp3) is 0.423. The first-order valence-corrected chi connectivity index (χ1v) is 13.5. The fourth-order valence-corrected chi connectivity index (χ4v) is 7.58. The van der Waals surface area contributed by atoms with Crippen molar-refractivity contribution in [3.05, 3.63) is 53.9 Å². The Morgan fingerprint density at radius 1 is 1.08 bits per heavy atom. The summed E-state index contributed by atoms with van der Waals surface area (Å²) in [5.41, 5.74) is 4.60. The van der Waals surface area contributed by atoms with Crippen molar-refractivity contribution in [1.82, 2.24) is 9.97 Å². The molecule has 2 aromatic heterocycles. The van der Waals surface area contributed by atoms with Crippen molar-refractivity contribution in [2.45, 2.75) is 68.4 Å². The molecule has 4 heterocycles. The zero-order valence-electron chi connectivity index (χ0n) is 21.5. The summed E-state index contributed by atoms with van der Waals surface area (Å²) in [7, 11) is -3.79. The van der Waals surface area contributed by atoms with E-state index in [0.29, 0.717) is 17.0 Å². The number of nitrogens with zero attached hydrogens (tertiary/aromatic N) is 3. The molecule has 5 rings (SSSR count). The molecule has 0 aliphatic carbocycles. The Balaban J connectivity index is 1.64. The molecule has 1 aromatic carbocycles. The topological polar surface area (TPSA) is 120 Å². The molecule has 8 nitrogen and oxygen atoms in total. The van der Waals surface area contributed by atoms with Gasteiger partial charge in [-0.3, -0.25) is 9.98 Å². The second kappa shape index (κ2) is 8.05. The number of benzene rings is 1. The highest BCUT2D eigenvalue weighted by Crippen LogP contribution is 2.51. The van der Waals surface area contributed by atoms with Gasteiger partial charge in [-0.15, -0.1) is 0 Å². The van der Waals surface area contributed by atoms with Gasteiger partial charge in [0.1, 0.15) is 33.0 Å². The van der Waals surface area contributed by atoms with E-state index in [1.807, 2.05) is 13.8 Å². The number of pyridine rings is 2. The number of halogens is 3. The van der Waals surface area contributed by atoms with Crippen LogP contribution >= 0.6 is 0 Å². The van der Waals surface area contributed by atoms with E-state index in [9.17, 15) is 21.6 Å². The lowest BCUT2D eigenvalue weighted by Gasteiger charge is -2.44. The monoisotopic (exact) mass is 547 g/mol. The summed E-state index contributed by atoms with van der Waals surface area (Å²) >= 11 is 0. The summed E-state index contributed by atoms with van der Waals surface area (Å²) < 4.78 is 72.1. The number of alkyl halides is 3. The summed E-state index contributed by atoms with van der Waals surface area (Å²) in [4.78, 5) is 13.0. The smallest absolute Gasteiger partial charge is 0.417 e. The molecule has 0 spiro atoms. The van der Waals surface area contributed by atoms with Crippen LogP contribution in [0.15, 0.2) is 47.7 Å². The van der Waals surface area contributed by atoms with Gasteiger partial charge in [0.15, 0.2) is 15.7 Å². The number of sulfone groups is 1. The summed E-state index contributed by atoms with van der Waals surface area (Å²) in [5, 5.41) is 2.47. The lowest BCUT2D eigenvalue weighted by molar-refractivity contribution is -0.137. The minimum Gasteiger partial charge on any atom is -0.487 e. The molecular weight excluding hydrogens is 519 g/mol. The van der Waals surface area contributed by atoms with E-state index in [1.165, 1.54) is 12.3 Å². The van der Waals surface area contributed by atoms with Crippen LogP contribution < -0.4 is 15.8 Å². The zero-order valence-corrected chi connectivity index (χ0v) is 22.3. The first-order valence-electron chi connectivity index (χ1n) is 12.0. The third-order valence-corrected chi connectivity index (χ3v) is 10.5. The molecule has 2 atom stereocenters. The minimum atomic E-state index is -4.52. The number of fused-ring (bicyclic) bond motifs is 4. The van der Waals surface area contributed by atoms with Crippen LogP contribution in [0.3, 0.4) is 0 Å². The SMILES string of the molecule is CC1(C)C[C@@H]2[C@](C)(N=C(N)C(C)(C)S2(=O)=O)c2cc(Nc3nccc4cc(C(F)(F)F)cnc34)ccc2O1. The van der Waals surface area contributed by atoms with E-state index >= 15 is 0 Å². The molecule has 0 amide bonds. The van der Waals surface area contributed by atoms with Crippen LogP contribution in [0.2, 0.25) is 0 Å². The average molecular weight is 548 g/mol. The maximum absolute atomic E-state index is 13.8. The number of aromatic nitrogens is 2. The van der Waals surface area contributed by atoms with E-state index in [0.717, 1.165) is 12.3 Å². The number of aliphatic imine (C=N–C) groups is 1. The van der Waals surface area contributed by atoms with Crippen molar-refractivity contribution in [3.8, 4) is 5.75 Å². The molecule has 3 aromatic rings. The van der Waals surface area contributed by atoms with Crippen LogP contribution in [0.5, 0.6) is 5.75 Å². The van der Waals surface area contributed by atoms with Gasteiger partial charge in [-0.2, -0.15) is 13.2 Å². The predicted molar refractivity (Wildman–Crippen MR) is 139 cm³/mol. The zero-order chi connectivity index (χ0) is 27.9. The largest absolute Gasteiger partial charge is 0.487 e. The van der Waals surface area contributed by atoms with Crippen molar-refractivity contribution in [2.24, 2.45) is 10.7 Å². The Bertz CT molecular complexity index is 1600. The average Bonchev–Trinajstić information content (AvgIpc) is 2.90. The molecule has 0 unspecified atom stereocenters. The van der Waals surface area contributed by atoms with Crippen molar-refractivity contribution in [2.75, 3.05) is 5.32 Å². The van der Waals surface area contributed by atoms with Crippen LogP contribution in [0.1, 0.15) is 52.2 Å². The van der Waals surface area contributed by atoms with Crippen LogP contribution in [-0.2, 0) is 21.6 Å². The number of anilines is 2. The number of hydrogen-bond donors (Lipinski definition) is 2.